The van der Waals surface area contributed by atoms with Gasteiger partial charge < -0.3 is 9.11 Å². The Morgan fingerprint density at radius 3 is 1.07 bits per heavy atom. The molecule has 0 aromatic rings. The summed E-state index contributed by atoms with van der Waals surface area (Å²) in [5.74, 6) is 0. The molecule has 0 fully saturated rings. The predicted molar refractivity (Wildman–Crippen MR) is 39.1 cm³/mol. The molecule has 12 heteroatoms. The number of rotatable bonds is 3. The molecule has 0 N–H and O–H groups in total. The van der Waals surface area contributed by atoms with E-state index >= 15 is 0 Å². The maximum Gasteiger partial charge on any atom is 1.00 e. The van der Waals surface area contributed by atoms with E-state index in [-0.39, 0.29) is 59.1 Å². The molecule has 0 aliphatic heterocycles. The molecule has 0 atom stereocenters. The first-order chi connectivity index (χ1) is 5.68. The van der Waals surface area contributed by atoms with E-state index in [1.54, 1.807) is 0 Å². The van der Waals surface area contributed by atoms with Crippen molar-refractivity contribution in [1.29, 1.82) is 0 Å². The largest absolute Gasteiger partial charge is 1.00 e. The molecule has 0 bridgehead atoms. The van der Waals surface area contributed by atoms with Crippen LogP contribution in [-0.4, -0.2) is 38.9 Å². The Balaban J connectivity index is -0.0000000770. The van der Waals surface area contributed by atoms with Gasteiger partial charge in [-0.1, -0.05) is 0 Å². The molecule has 0 radical (unpaired) electrons. The van der Waals surface area contributed by atoms with Crippen LogP contribution in [0.3, 0.4) is 0 Å². The van der Waals surface area contributed by atoms with Gasteiger partial charge in [0.15, 0.2) is 0 Å². The Labute approximate surface area is 133 Å². The minimum atomic E-state index is -5.17. The fraction of sp³-hybridized carbons (Fsp3) is 1.00. The first-order valence-electron chi connectivity index (χ1n) is 2.62. The number of hydrogen-bond donors (Lipinski definition) is 0. The smallest absolute Gasteiger partial charge is 0.759 e. The van der Waals surface area contributed by atoms with Crippen molar-refractivity contribution in [3.8, 4) is 0 Å². The van der Waals surface area contributed by atoms with Gasteiger partial charge in [0, 0.05) is 31.7 Å². The second-order valence-electron chi connectivity index (χ2n) is 1.40. The summed E-state index contributed by atoms with van der Waals surface area (Å²) >= 11 is 0. The summed E-state index contributed by atoms with van der Waals surface area (Å²) in [6.45, 7) is 0. The van der Waals surface area contributed by atoms with Gasteiger partial charge in [0.2, 0.25) is 0 Å². The SMILES string of the molecule is COP(=O)(OC)OC.O=S(=O)([O-])[O-].[Na+].[Na+]. The molecule has 15 heavy (non-hydrogen) atoms. The third kappa shape index (κ3) is 25.9. The normalized spacial score (nSPS) is 10.2. The quantitative estimate of drug-likeness (QED) is 0.216. The van der Waals surface area contributed by atoms with Gasteiger partial charge in [0.25, 0.3) is 0 Å². The van der Waals surface area contributed by atoms with E-state index in [0.717, 1.165) is 0 Å². The summed E-state index contributed by atoms with van der Waals surface area (Å²) in [6.07, 6.45) is 0. The van der Waals surface area contributed by atoms with Crippen molar-refractivity contribution in [3.63, 3.8) is 0 Å². The van der Waals surface area contributed by atoms with Crippen LogP contribution in [0.2, 0.25) is 0 Å². The molecule has 0 spiro atoms. The standard InChI is InChI=1S/C3H9O4P.2Na.H2O4S/c1-5-8(4,6-2)7-3;;;1-5(2,3)4/h1-3H3;;;(H2,1,2,3,4)/q;2*+1;/p-2. The second kappa shape index (κ2) is 12.4. The molecule has 0 aromatic heterocycles. The Morgan fingerprint density at radius 1 is 0.933 bits per heavy atom. The Kier molecular flexibility index (Phi) is 21.3. The molecule has 0 aliphatic carbocycles. The van der Waals surface area contributed by atoms with Crippen LogP contribution in [0, 0.1) is 0 Å². The second-order valence-corrected chi connectivity index (χ2v) is 4.21. The summed E-state index contributed by atoms with van der Waals surface area (Å²) in [4.78, 5) is 0. The first kappa shape index (κ1) is 25.7. The van der Waals surface area contributed by atoms with Gasteiger partial charge >= 0.3 is 66.9 Å². The molecular formula is C3H9Na2O8PS. The van der Waals surface area contributed by atoms with Crippen LogP contribution >= 0.6 is 7.82 Å². The van der Waals surface area contributed by atoms with E-state index in [9.17, 15) is 4.57 Å². The first-order valence-corrected chi connectivity index (χ1v) is 5.42. The van der Waals surface area contributed by atoms with Gasteiger partial charge in [-0.25, -0.2) is 4.57 Å². The van der Waals surface area contributed by atoms with Gasteiger partial charge in [-0.15, -0.1) is 0 Å². The van der Waals surface area contributed by atoms with E-state index in [0.29, 0.717) is 0 Å². The van der Waals surface area contributed by atoms with Crippen molar-refractivity contribution in [2.24, 2.45) is 0 Å². The molecule has 0 aromatic carbocycles. The molecule has 8 nitrogen and oxygen atoms in total. The maximum atomic E-state index is 10.7. The van der Waals surface area contributed by atoms with Crippen LogP contribution in [0.5, 0.6) is 0 Å². The summed E-state index contributed by atoms with van der Waals surface area (Å²) < 4.78 is 57.8. The van der Waals surface area contributed by atoms with Gasteiger partial charge in [-0.3, -0.25) is 22.0 Å². The molecule has 0 saturated heterocycles. The van der Waals surface area contributed by atoms with Crippen LogP contribution in [0.25, 0.3) is 0 Å². The zero-order valence-corrected chi connectivity index (χ0v) is 14.8. The number of phosphoric acid groups is 1. The summed E-state index contributed by atoms with van der Waals surface area (Å²) in [7, 11) is -4.56. The molecule has 0 saturated carbocycles. The van der Waals surface area contributed by atoms with E-state index in [1.807, 2.05) is 0 Å². The molecule has 0 heterocycles. The zero-order valence-electron chi connectivity index (χ0n) is 9.12. The van der Waals surface area contributed by atoms with Crippen LogP contribution < -0.4 is 59.1 Å². The summed E-state index contributed by atoms with van der Waals surface area (Å²) in [5.41, 5.74) is 0. The fourth-order valence-corrected chi connectivity index (χ4v) is 0.671. The van der Waals surface area contributed by atoms with Crippen molar-refractivity contribution < 1.29 is 94.8 Å². The maximum absolute atomic E-state index is 10.7. The van der Waals surface area contributed by atoms with Crippen LogP contribution in [0.1, 0.15) is 0 Å². The molecule has 0 unspecified atom stereocenters. The van der Waals surface area contributed by atoms with E-state index < -0.39 is 18.2 Å². The van der Waals surface area contributed by atoms with Crippen molar-refractivity contribution >= 4 is 18.2 Å². The van der Waals surface area contributed by atoms with E-state index in [2.05, 4.69) is 13.6 Å². The van der Waals surface area contributed by atoms with Crippen LogP contribution in [0.15, 0.2) is 0 Å². The minimum absolute atomic E-state index is 0. The molecule has 82 valence electrons. The zero-order chi connectivity index (χ0) is 11.1. The predicted octanol–water partition coefficient (Wildman–Crippen LogP) is -6.30. The molecular weight excluding hydrogens is 273 g/mol. The van der Waals surface area contributed by atoms with E-state index in [1.165, 1.54) is 21.3 Å². The Bertz CT molecular complexity index is 238. The number of hydrogen-bond acceptors (Lipinski definition) is 8. The fourth-order valence-electron chi connectivity index (χ4n) is 0.224. The average molecular weight is 282 g/mol. The Hall–Kier alpha value is 1.98. The van der Waals surface area contributed by atoms with Crippen molar-refractivity contribution in [2.45, 2.75) is 0 Å². The Morgan fingerprint density at radius 2 is 1.07 bits per heavy atom. The van der Waals surface area contributed by atoms with Crippen molar-refractivity contribution in [1.82, 2.24) is 0 Å². The summed E-state index contributed by atoms with van der Waals surface area (Å²) in [6, 6.07) is 0. The number of phosphoric ester groups is 1. The van der Waals surface area contributed by atoms with Gasteiger partial charge in [-0.2, -0.15) is 0 Å². The monoisotopic (exact) mass is 282 g/mol. The van der Waals surface area contributed by atoms with Crippen molar-refractivity contribution in [2.75, 3.05) is 21.3 Å². The van der Waals surface area contributed by atoms with Crippen LogP contribution in [-0.2, 0) is 28.5 Å². The molecule has 0 rings (SSSR count). The third-order valence-electron chi connectivity index (χ3n) is 0.671. The van der Waals surface area contributed by atoms with Gasteiger partial charge in [0.05, 0.1) is 0 Å². The molecule has 0 aliphatic rings. The topological polar surface area (TPSA) is 125 Å². The van der Waals surface area contributed by atoms with Crippen LogP contribution in [0.4, 0.5) is 0 Å². The average Bonchev–Trinajstić information content (AvgIpc) is 2.00. The minimum Gasteiger partial charge on any atom is -0.759 e. The van der Waals surface area contributed by atoms with Gasteiger partial charge in [-0.05, 0) is 0 Å². The van der Waals surface area contributed by atoms with Crippen molar-refractivity contribution in [3.05, 3.63) is 0 Å². The molecule has 0 amide bonds. The summed E-state index contributed by atoms with van der Waals surface area (Å²) in [5, 5.41) is 0. The third-order valence-corrected chi connectivity index (χ3v) is 2.01. The van der Waals surface area contributed by atoms with Gasteiger partial charge in [0.1, 0.15) is 0 Å². The van der Waals surface area contributed by atoms with E-state index in [4.69, 9.17) is 17.5 Å².